The molecule has 0 unspecified atom stereocenters. The van der Waals surface area contributed by atoms with Gasteiger partial charge < -0.3 is 10.3 Å². The lowest BCUT2D eigenvalue weighted by Crippen LogP contribution is -2.49. The van der Waals surface area contributed by atoms with Crippen LogP contribution < -0.4 is 10.9 Å². The molecule has 2 aromatic rings. The summed E-state index contributed by atoms with van der Waals surface area (Å²) in [5.74, 6) is 0. The number of hydrogen-bond acceptors (Lipinski definition) is 3. The first-order chi connectivity index (χ1) is 9.24. The first kappa shape index (κ1) is 12.4. The molecule has 100 valence electrons. The molecular formula is C15H19N3O. The molecule has 1 saturated heterocycles. The molecule has 0 bridgehead atoms. The zero-order valence-corrected chi connectivity index (χ0v) is 11.1. The van der Waals surface area contributed by atoms with E-state index in [1.165, 1.54) is 0 Å². The molecule has 1 aliphatic heterocycles. The fourth-order valence-corrected chi connectivity index (χ4v) is 2.65. The third kappa shape index (κ3) is 2.55. The van der Waals surface area contributed by atoms with E-state index in [-0.39, 0.29) is 5.56 Å². The smallest absolute Gasteiger partial charge is 0.252 e. The van der Waals surface area contributed by atoms with Gasteiger partial charge >= 0.3 is 0 Å². The first-order valence-corrected chi connectivity index (χ1v) is 6.80. The first-order valence-electron chi connectivity index (χ1n) is 6.80. The normalized spacial score (nSPS) is 20.8. The molecule has 0 radical (unpaired) electrons. The number of nitrogens with one attached hydrogen (secondary N) is 2. The quantitative estimate of drug-likeness (QED) is 0.853. The molecule has 1 aliphatic rings. The van der Waals surface area contributed by atoms with Gasteiger partial charge in [0.2, 0.25) is 0 Å². The minimum Gasteiger partial charge on any atom is -0.322 e. The van der Waals surface area contributed by atoms with Crippen LogP contribution in [0, 0.1) is 0 Å². The van der Waals surface area contributed by atoms with Crippen molar-refractivity contribution in [1.82, 2.24) is 15.2 Å². The summed E-state index contributed by atoms with van der Waals surface area (Å²) in [6.07, 6.45) is 0. The number of piperazine rings is 1. The number of rotatable bonds is 2. The molecule has 0 aliphatic carbocycles. The summed E-state index contributed by atoms with van der Waals surface area (Å²) in [6.45, 7) is 5.90. The van der Waals surface area contributed by atoms with Crippen molar-refractivity contribution in [2.75, 3.05) is 19.6 Å². The summed E-state index contributed by atoms with van der Waals surface area (Å²) < 4.78 is 0. The molecule has 1 fully saturated rings. The van der Waals surface area contributed by atoms with Crippen molar-refractivity contribution < 1.29 is 0 Å². The molecule has 2 N–H and O–H groups in total. The predicted molar refractivity (Wildman–Crippen MR) is 77.3 cm³/mol. The Hall–Kier alpha value is -1.65. The van der Waals surface area contributed by atoms with E-state index in [1.807, 2.05) is 30.3 Å². The van der Waals surface area contributed by atoms with Gasteiger partial charge in [-0.2, -0.15) is 0 Å². The van der Waals surface area contributed by atoms with E-state index in [2.05, 4.69) is 22.1 Å². The molecule has 1 atom stereocenters. The largest absolute Gasteiger partial charge is 0.322 e. The van der Waals surface area contributed by atoms with Gasteiger partial charge in [0.05, 0.1) is 0 Å². The van der Waals surface area contributed by atoms with Gasteiger partial charge in [0.15, 0.2) is 0 Å². The summed E-state index contributed by atoms with van der Waals surface area (Å²) in [5.41, 5.74) is 1.79. The molecule has 0 saturated carbocycles. The summed E-state index contributed by atoms with van der Waals surface area (Å²) in [5, 5.41) is 4.46. The van der Waals surface area contributed by atoms with Crippen LogP contribution >= 0.6 is 0 Å². The van der Waals surface area contributed by atoms with E-state index in [0.717, 1.165) is 42.6 Å². The maximum atomic E-state index is 12.1. The number of pyridine rings is 1. The predicted octanol–water partition coefficient (Wildman–Crippen LogP) is 1.32. The highest BCUT2D eigenvalue weighted by Crippen LogP contribution is 2.13. The molecule has 1 aromatic carbocycles. The SMILES string of the molecule is C[C@@H]1CNCCN1Cc1cc2ccccc2[nH]c1=O. The van der Waals surface area contributed by atoms with Crippen LogP contribution in [0.2, 0.25) is 0 Å². The summed E-state index contributed by atoms with van der Waals surface area (Å²) >= 11 is 0. The standard InChI is InChI=1S/C15H19N3O/c1-11-9-16-6-7-18(11)10-13-8-12-4-2-3-5-14(12)17-15(13)19/h2-5,8,11,16H,6-7,9-10H2,1H3,(H,17,19)/t11-/m1/s1. The van der Waals surface area contributed by atoms with Crippen LogP contribution in [0.4, 0.5) is 0 Å². The second-order valence-corrected chi connectivity index (χ2v) is 5.23. The van der Waals surface area contributed by atoms with Crippen LogP contribution in [0.1, 0.15) is 12.5 Å². The monoisotopic (exact) mass is 257 g/mol. The van der Waals surface area contributed by atoms with E-state index >= 15 is 0 Å². The molecule has 0 amide bonds. The molecule has 0 spiro atoms. The van der Waals surface area contributed by atoms with Gasteiger partial charge in [0, 0.05) is 43.3 Å². The van der Waals surface area contributed by atoms with Crippen molar-refractivity contribution in [2.24, 2.45) is 0 Å². The highest BCUT2D eigenvalue weighted by Gasteiger charge is 2.18. The zero-order valence-electron chi connectivity index (χ0n) is 11.1. The molecule has 2 heterocycles. The Morgan fingerprint density at radius 2 is 2.21 bits per heavy atom. The number of H-pyrrole nitrogens is 1. The van der Waals surface area contributed by atoms with Crippen LogP contribution in [0.5, 0.6) is 0 Å². The Balaban J connectivity index is 1.91. The lowest BCUT2D eigenvalue weighted by Gasteiger charge is -2.33. The van der Waals surface area contributed by atoms with Gasteiger partial charge in [-0.15, -0.1) is 0 Å². The van der Waals surface area contributed by atoms with Gasteiger partial charge in [-0.25, -0.2) is 0 Å². The summed E-state index contributed by atoms with van der Waals surface area (Å²) in [4.78, 5) is 17.4. The number of benzene rings is 1. The number of aromatic amines is 1. The minimum absolute atomic E-state index is 0.0319. The minimum atomic E-state index is 0.0319. The Morgan fingerprint density at radius 3 is 3.05 bits per heavy atom. The molecule has 1 aromatic heterocycles. The zero-order chi connectivity index (χ0) is 13.2. The van der Waals surface area contributed by atoms with Gasteiger partial charge in [0.1, 0.15) is 0 Å². The lowest BCUT2D eigenvalue weighted by atomic mass is 10.1. The highest BCUT2D eigenvalue weighted by molar-refractivity contribution is 5.78. The van der Waals surface area contributed by atoms with Crippen LogP contribution in [-0.4, -0.2) is 35.6 Å². The fourth-order valence-electron chi connectivity index (χ4n) is 2.65. The Labute approximate surface area is 112 Å². The van der Waals surface area contributed by atoms with Crippen molar-refractivity contribution in [1.29, 1.82) is 0 Å². The van der Waals surface area contributed by atoms with E-state index in [4.69, 9.17) is 0 Å². The van der Waals surface area contributed by atoms with Crippen molar-refractivity contribution >= 4 is 10.9 Å². The molecule has 4 heteroatoms. The summed E-state index contributed by atoms with van der Waals surface area (Å²) in [6, 6.07) is 10.4. The van der Waals surface area contributed by atoms with Gasteiger partial charge in [-0.3, -0.25) is 9.69 Å². The molecule has 4 nitrogen and oxygen atoms in total. The number of para-hydroxylation sites is 1. The van der Waals surface area contributed by atoms with Crippen LogP contribution in [0.25, 0.3) is 10.9 Å². The molecular weight excluding hydrogens is 238 g/mol. The Bertz CT molecular complexity index is 635. The van der Waals surface area contributed by atoms with E-state index in [0.29, 0.717) is 6.04 Å². The van der Waals surface area contributed by atoms with E-state index < -0.39 is 0 Å². The second-order valence-electron chi connectivity index (χ2n) is 5.23. The highest BCUT2D eigenvalue weighted by atomic mass is 16.1. The molecule has 19 heavy (non-hydrogen) atoms. The topological polar surface area (TPSA) is 48.1 Å². The maximum absolute atomic E-state index is 12.1. The van der Waals surface area contributed by atoms with Gasteiger partial charge in [-0.05, 0) is 24.4 Å². The number of fused-ring (bicyclic) bond motifs is 1. The van der Waals surface area contributed by atoms with Gasteiger partial charge in [-0.1, -0.05) is 18.2 Å². The van der Waals surface area contributed by atoms with Crippen molar-refractivity contribution in [3.05, 3.63) is 46.2 Å². The maximum Gasteiger partial charge on any atom is 0.252 e. The van der Waals surface area contributed by atoms with Gasteiger partial charge in [0.25, 0.3) is 5.56 Å². The Morgan fingerprint density at radius 1 is 1.37 bits per heavy atom. The van der Waals surface area contributed by atoms with E-state index in [9.17, 15) is 4.79 Å². The van der Waals surface area contributed by atoms with Crippen LogP contribution in [0.3, 0.4) is 0 Å². The Kier molecular flexibility index (Phi) is 3.36. The number of hydrogen-bond donors (Lipinski definition) is 2. The average molecular weight is 257 g/mol. The van der Waals surface area contributed by atoms with Crippen LogP contribution in [0.15, 0.2) is 35.1 Å². The number of nitrogens with zero attached hydrogens (tertiary/aromatic N) is 1. The lowest BCUT2D eigenvalue weighted by molar-refractivity contribution is 0.165. The third-order valence-corrected chi connectivity index (χ3v) is 3.84. The van der Waals surface area contributed by atoms with Crippen molar-refractivity contribution in [3.8, 4) is 0 Å². The third-order valence-electron chi connectivity index (χ3n) is 3.84. The van der Waals surface area contributed by atoms with E-state index in [1.54, 1.807) is 0 Å². The second kappa shape index (κ2) is 5.15. The summed E-state index contributed by atoms with van der Waals surface area (Å²) in [7, 11) is 0. The average Bonchev–Trinajstić information content (AvgIpc) is 2.42. The number of aromatic nitrogens is 1. The van der Waals surface area contributed by atoms with Crippen LogP contribution in [-0.2, 0) is 6.54 Å². The molecule has 3 rings (SSSR count). The fraction of sp³-hybridized carbons (Fsp3) is 0.400. The van der Waals surface area contributed by atoms with Crippen molar-refractivity contribution in [2.45, 2.75) is 19.5 Å². The van der Waals surface area contributed by atoms with Crippen molar-refractivity contribution in [3.63, 3.8) is 0 Å².